The van der Waals surface area contributed by atoms with Gasteiger partial charge in [-0.25, -0.2) is 0 Å². The minimum atomic E-state index is -0.0787. The van der Waals surface area contributed by atoms with Crippen LogP contribution in [0.1, 0.15) is 79.1 Å². The highest BCUT2D eigenvalue weighted by Crippen LogP contribution is 2.66. The summed E-state index contributed by atoms with van der Waals surface area (Å²) in [7, 11) is 0. The molecule has 5 fully saturated rings. The number of aliphatic hydroxyl groups excluding tert-OH is 1. The summed E-state index contributed by atoms with van der Waals surface area (Å²) in [6.07, 6.45) is 10.1. The first kappa shape index (κ1) is 21.4. The van der Waals surface area contributed by atoms with E-state index in [4.69, 9.17) is 4.74 Å². The molecule has 6 rings (SSSR count). The number of carbonyl (C=O) groups is 1. The molecular formula is C28H41NO3. The molecule has 3 saturated carbocycles. The molecule has 0 radical (unpaired) electrons. The van der Waals surface area contributed by atoms with Gasteiger partial charge in [-0.3, -0.25) is 4.79 Å². The van der Waals surface area contributed by atoms with E-state index in [1.165, 1.54) is 38.5 Å². The molecule has 10 atom stereocenters. The first-order valence-electron chi connectivity index (χ1n) is 13.3. The summed E-state index contributed by atoms with van der Waals surface area (Å²) in [6.45, 7) is 10.7. The van der Waals surface area contributed by atoms with E-state index in [1.807, 2.05) is 0 Å². The smallest absolute Gasteiger partial charge is 0.162 e. The lowest BCUT2D eigenvalue weighted by Crippen LogP contribution is -2.49. The second kappa shape index (κ2) is 7.18. The van der Waals surface area contributed by atoms with Crippen LogP contribution in [0.2, 0.25) is 0 Å². The summed E-state index contributed by atoms with van der Waals surface area (Å²) in [4.78, 5) is 12.5. The van der Waals surface area contributed by atoms with Crippen LogP contribution < -0.4 is 5.32 Å². The first-order valence-corrected chi connectivity index (χ1v) is 13.3. The minimum absolute atomic E-state index is 0.0787. The molecule has 32 heavy (non-hydrogen) atoms. The van der Waals surface area contributed by atoms with Gasteiger partial charge in [-0.15, -0.1) is 0 Å². The van der Waals surface area contributed by atoms with E-state index in [2.05, 4.69) is 33.0 Å². The van der Waals surface area contributed by atoms with Gasteiger partial charge >= 0.3 is 0 Å². The van der Waals surface area contributed by atoms with E-state index in [9.17, 15) is 9.90 Å². The number of hydrogen-bond acceptors (Lipinski definition) is 4. The SMILES string of the molecule is CC1=C2C[C@H]3C(CC[C@@H]4CC(=O)/C(=C/O)C[C@@]43C)[C@@H]2CC[C@]12O[C@@H]1C[C@H](C)CN[C@H]1[C@H]2C. The highest BCUT2D eigenvalue weighted by atomic mass is 16.5. The van der Waals surface area contributed by atoms with Crippen LogP contribution in [0.15, 0.2) is 23.0 Å². The quantitative estimate of drug-likeness (QED) is 0.304. The van der Waals surface area contributed by atoms with E-state index in [1.54, 1.807) is 11.1 Å². The van der Waals surface area contributed by atoms with E-state index < -0.39 is 0 Å². The lowest BCUT2D eigenvalue weighted by molar-refractivity contribution is -0.124. The monoisotopic (exact) mass is 439 g/mol. The Labute approximate surface area is 193 Å². The fraction of sp³-hybridized carbons (Fsp3) is 0.821. The molecular weight excluding hydrogens is 398 g/mol. The number of Topliss-reactive ketones (excluding diaryl/α,β-unsaturated/α-hetero) is 1. The number of aliphatic hydroxyl groups is 1. The Balaban J connectivity index is 1.34. The normalized spacial score (nSPS) is 53.9. The number of hydrogen-bond donors (Lipinski definition) is 2. The molecule has 0 aromatic carbocycles. The summed E-state index contributed by atoms with van der Waals surface area (Å²) in [5.74, 6) is 3.94. The van der Waals surface area contributed by atoms with E-state index in [0.29, 0.717) is 53.7 Å². The van der Waals surface area contributed by atoms with Gasteiger partial charge in [0.2, 0.25) is 0 Å². The molecule has 0 aromatic heterocycles. The minimum Gasteiger partial charge on any atom is -0.515 e. The number of rotatable bonds is 0. The molecule has 1 spiro atoms. The lowest BCUT2D eigenvalue weighted by atomic mass is 9.51. The van der Waals surface area contributed by atoms with Gasteiger partial charge < -0.3 is 15.2 Å². The standard InChI is InChI=1S/C28H41NO3/c1-15-9-25-26(29-13-15)17(3)28(32-25)8-7-20-21-6-5-19-10-24(31)18(14-30)12-27(19,4)23(21)11-22(20)16(28)2/h14-15,17,19-21,23,25-26,29-30H,5-13H2,1-4H3/b18-14+/t15-,17+,19+,20-,21?,23-,25+,26-,27-,28-/m0/s1. The van der Waals surface area contributed by atoms with Gasteiger partial charge in [-0.05, 0) is 99.0 Å². The van der Waals surface area contributed by atoms with Crippen LogP contribution >= 0.6 is 0 Å². The number of nitrogens with one attached hydrogen (secondary N) is 1. The molecule has 4 aliphatic carbocycles. The van der Waals surface area contributed by atoms with Crippen molar-refractivity contribution in [3.05, 3.63) is 23.0 Å². The Kier molecular flexibility index (Phi) is 4.81. The molecule has 2 saturated heterocycles. The van der Waals surface area contributed by atoms with Crippen molar-refractivity contribution in [2.24, 2.45) is 40.9 Å². The van der Waals surface area contributed by atoms with Gasteiger partial charge in [0.1, 0.15) is 0 Å². The molecule has 0 amide bonds. The van der Waals surface area contributed by atoms with Crippen molar-refractivity contribution in [1.29, 1.82) is 0 Å². The number of allylic oxidation sites excluding steroid dienone is 2. The molecule has 6 aliphatic rings. The van der Waals surface area contributed by atoms with Crippen LogP contribution in [0.4, 0.5) is 0 Å². The van der Waals surface area contributed by atoms with Crippen LogP contribution in [0.5, 0.6) is 0 Å². The van der Waals surface area contributed by atoms with Crippen molar-refractivity contribution in [1.82, 2.24) is 5.32 Å². The third-order valence-electron chi connectivity index (χ3n) is 11.4. The van der Waals surface area contributed by atoms with Gasteiger partial charge in [0.05, 0.1) is 18.0 Å². The number of ketones is 1. The number of piperidine rings is 1. The Morgan fingerprint density at radius 2 is 2.00 bits per heavy atom. The fourth-order valence-electron chi connectivity index (χ4n) is 9.57. The topological polar surface area (TPSA) is 58.6 Å². The molecule has 2 heterocycles. The van der Waals surface area contributed by atoms with E-state index >= 15 is 0 Å². The van der Waals surface area contributed by atoms with Gasteiger partial charge in [0.15, 0.2) is 5.78 Å². The molecule has 1 unspecified atom stereocenters. The Bertz CT molecular complexity index is 891. The van der Waals surface area contributed by atoms with Crippen LogP contribution in [0, 0.1) is 40.9 Å². The van der Waals surface area contributed by atoms with Crippen LogP contribution in [-0.2, 0) is 9.53 Å². The predicted molar refractivity (Wildman–Crippen MR) is 125 cm³/mol. The van der Waals surface area contributed by atoms with Crippen molar-refractivity contribution in [3.8, 4) is 0 Å². The fourth-order valence-corrected chi connectivity index (χ4v) is 9.57. The molecule has 2 aliphatic heterocycles. The van der Waals surface area contributed by atoms with Crippen molar-refractivity contribution in [2.45, 2.75) is 96.8 Å². The maximum atomic E-state index is 12.5. The molecule has 2 N–H and O–H groups in total. The van der Waals surface area contributed by atoms with E-state index in [-0.39, 0.29) is 16.8 Å². The highest BCUT2D eigenvalue weighted by molar-refractivity contribution is 5.96. The highest BCUT2D eigenvalue weighted by Gasteiger charge is 2.61. The maximum Gasteiger partial charge on any atom is 0.162 e. The zero-order chi connectivity index (χ0) is 22.4. The second-order valence-corrected chi connectivity index (χ2v) is 12.6. The van der Waals surface area contributed by atoms with Gasteiger partial charge in [0.25, 0.3) is 0 Å². The maximum absolute atomic E-state index is 12.5. The zero-order valence-electron chi connectivity index (χ0n) is 20.3. The zero-order valence-corrected chi connectivity index (χ0v) is 20.3. The number of fused-ring (bicyclic) bond motifs is 6. The Morgan fingerprint density at radius 1 is 1.19 bits per heavy atom. The number of ether oxygens (including phenoxy) is 1. The summed E-state index contributed by atoms with van der Waals surface area (Å²) < 4.78 is 7.02. The molecule has 4 heteroatoms. The van der Waals surface area contributed by atoms with Crippen molar-refractivity contribution in [3.63, 3.8) is 0 Å². The third-order valence-corrected chi connectivity index (χ3v) is 11.4. The summed E-state index contributed by atoms with van der Waals surface area (Å²) in [6, 6.07) is 0.491. The van der Waals surface area contributed by atoms with Crippen molar-refractivity contribution < 1.29 is 14.6 Å². The summed E-state index contributed by atoms with van der Waals surface area (Å²) in [5.41, 5.74) is 3.99. The summed E-state index contributed by atoms with van der Waals surface area (Å²) in [5, 5.41) is 13.6. The first-order chi connectivity index (χ1) is 15.3. The predicted octanol–water partition coefficient (Wildman–Crippen LogP) is 5.34. The lowest BCUT2D eigenvalue weighted by Gasteiger charge is -2.52. The van der Waals surface area contributed by atoms with Gasteiger partial charge in [-0.1, -0.05) is 26.3 Å². The third kappa shape index (κ3) is 2.72. The summed E-state index contributed by atoms with van der Waals surface area (Å²) >= 11 is 0. The molecule has 4 nitrogen and oxygen atoms in total. The molecule has 176 valence electrons. The molecule has 0 bridgehead atoms. The van der Waals surface area contributed by atoms with E-state index in [0.717, 1.165) is 25.1 Å². The van der Waals surface area contributed by atoms with Crippen LogP contribution in [-0.4, -0.2) is 35.2 Å². The average molecular weight is 440 g/mol. The molecule has 0 aromatic rings. The average Bonchev–Trinajstić information content (AvgIpc) is 3.28. The Hall–Kier alpha value is -1.13. The van der Waals surface area contributed by atoms with Gasteiger partial charge in [0, 0.05) is 24.0 Å². The van der Waals surface area contributed by atoms with Gasteiger partial charge in [-0.2, -0.15) is 0 Å². The Morgan fingerprint density at radius 3 is 2.78 bits per heavy atom. The number of carbonyl (C=O) groups excluding carboxylic acids is 1. The van der Waals surface area contributed by atoms with Crippen molar-refractivity contribution in [2.75, 3.05) is 6.54 Å². The largest absolute Gasteiger partial charge is 0.515 e. The van der Waals surface area contributed by atoms with Crippen LogP contribution in [0.25, 0.3) is 0 Å². The van der Waals surface area contributed by atoms with Crippen LogP contribution in [0.3, 0.4) is 0 Å². The van der Waals surface area contributed by atoms with Crippen molar-refractivity contribution >= 4 is 5.78 Å². The second-order valence-electron chi connectivity index (χ2n) is 12.6.